The van der Waals surface area contributed by atoms with Crippen molar-refractivity contribution in [2.75, 3.05) is 11.9 Å². The van der Waals surface area contributed by atoms with E-state index in [4.69, 9.17) is 0 Å². The highest BCUT2D eigenvalue weighted by atomic mass is 19.4. The van der Waals surface area contributed by atoms with Gasteiger partial charge in [0.2, 0.25) is 0 Å². The third kappa shape index (κ3) is 4.35. The van der Waals surface area contributed by atoms with Crippen molar-refractivity contribution in [2.45, 2.75) is 38.0 Å². The molecule has 1 aromatic carbocycles. The number of carbonyl (C=O) groups is 1. The number of halogens is 3. The first-order chi connectivity index (χ1) is 9.86. The molecule has 7 heteroatoms. The van der Waals surface area contributed by atoms with E-state index in [-0.39, 0.29) is 12.1 Å². The number of alkyl halides is 3. The van der Waals surface area contributed by atoms with Gasteiger partial charge in [0.05, 0.1) is 5.56 Å². The van der Waals surface area contributed by atoms with Crippen LogP contribution >= 0.6 is 0 Å². The maximum Gasteiger partial charge on any atom is 0.416 e. The minimum absolute atomic E-state index is 0.0215. The van der Waals surface area contributed by atoms with Crippen LogP contribution in [0.4, 0.5) is 23.7 Å². The molecule has 1 aromatic rings. The standard InChI is InChI=1S/C14H18F3N3O/c1-9-12(3-2-8-18-9)20-13(21)19-11-6-4-10(5-7-11)14(15,16)17/h4-7,9,12,18H,2-3,8H2,1H3,(H2,19,20,21). The summed E-state index contributed by atoms with van der Waals surface area (Å²) in [6, 6.07) is 4.16. The van der Waals surface area contributed by atoms with Gasteiger partial charge in [-0.25, -0.2) is 4.79 Å². The lowest BCUT2D eigenvalue weighted by Gasteiger charge is -2.30. The van der Waals surface area contributed by atoms with E-state index in [0.717, 1.165) is 31.5 Å². The van der Waals surface area contributed by atoms with Crippen molar-refractivity contribution in [3.05, 3.63) is 29.8 Å². The molecule has 1 aliphatic rings. The molecule has 3 N–H and O–H groups in total. The van der Waals surface area contributed by atoms with Crippen LogP contribution in [0.2, 0.25) is 0 Å². The zero-order valence-electron chi connectivity index (χ0n) is 11.6. The largest absolute Gasteiger partial charge is 0.416 e. The van der Waals surface area contributed by atoms with E-state index in [1.54, 1.807) is 0 Å². The number of benzene rings is 1. The smallest absolute Gasteiger partial charge is 0.334 e. The predicted octanol–water partition coefficient (Wildman–Crippen LogP) is 2.97. The summed E-state index contributed by atoms with van der Waals surface area (Å²) in [5.74, 6) is 0. The molecule has 2 atom stereocenters. The molecule has 0 spiro atoms. The number of hydrogen-bond acceptors (Lipinski definition) is 2. The van der Waals surface area contributed by atoms with Gasteiger partial charge in [-0.15, -0.1) is 0 Å². The Morgan fingerprint density at radius 3 is 2.52 bits per heavy atom. The van der Waals surface area contributed by atoms with Gasteiger partial charge < -0.3 is 16.0 Å². The Kier molecular flexibility index (Phi) is 4.72. The van der Waals surface area contributed by atoms with Crippen LogP contribution in [0.3, 0.4) is 0 Å². The number of anilines is 1. The van der Waals surface area contributed by atoms with E-state index in [2.05, 4.69) is 16.0 Å². The van der Waals surface area contributed by atoms with Crippen LogP contribution in [0, 0.1) is 0 Å². The average molecular weight is 301 g/mol. The molecule has 0 radical (unpaired) electrons. The summed E-state index contributed by atoms with van der Waals surface area (Å²) in [4.78, 5) is 11.8. The molecule has 1 heterocycles. The van der Waals surface area contributed by atoms with Crippen molar-refractivity contribution in [1.29, 1.82) is 0 Å². The Morgan fingerprint density at radius 2 is 1.95 bits per heavy atom. The average Bonchev–Trinajstić information content (AvgIpc) is 2.41. The van der Waals surface area contributed by atoms with Gasteiger partial charge in [-0.2, -0.15) is 13.2 Å². The van der Waals surface area contributed by atoms with Crippen molar-refractivity contribution < 1.29 is 18.0 Å². The maximum atomic E-state index is 12.4. The maximum absolute atomic E-state index is 12.4. The fraction of sp³-hybridized carbons (Fsp3) is 0.500. The second-order valence-electron chi connectivity index (χ2n) is 5.17. The molecule has 21 heavy (non-hydrogen) atoms. The van der Waals surface area contributed by atoms with Crippen LogP contribution in [0.15, 0.2) is 24.3 Å². The highest BCUT2D eigenvalue weighted by molar-refractivity contribution is 5.89. The van der Waals surface area contributed by atoms with E-state index in [1.165, 1.54) is 12.1 Å². The highest BCUT2D eigenvalue weighted by Gasteiger charge is 2.30. The topological polar surface area (TPSA) is 53.2 Å². The number of carbonyl (C=O) groups excluding carboxylic acids is 1. The van der Waals surface area contributed by atoms with E-state index >= 15 is 0 Å². The number of rotatable bonds is 2. The second-order valence-corrected chi connectivity index (χ2v) is 5.17. The molecule has 2 amide bonds. The van der Waals surface area contributed by atoms with Gasteiger partial charge in [-0.1, -0.05) is 0 Å². The lowest BCUT2D eigenvalue weighted by molar-refractivity contribution is -0.137. The zero-order chi connectivity index (χ0) is 15.5. The van der Waals surface area contributed by atoms with Gasteiger partial charge in [0, 0.05) is 17.8 Å². The quantitative estimate of drug-likeness (QED) is 0.786. The molecule has 4 nitrogen and oxygen atoms in total. The second kappa shape index (κ2) is 6.34. The Labute approximate surface area is 121 Å². The van der Waals surface area contributed by atoms with Crippen molar-refractivity contribution in [3.8, 4) is 0 Å². The Morgan fingerprint density at radius 1 is 1.29 bits per heavy atom. The van der Waals surface area contributed by atoms with Crippen LogP contribution in [-0.2, 0) is 6.18 Å². The first kappa shape index (κ1) is 15.6. The van der Waals surface area contributed by atoms with Crippen LogP contribution in [-0.4, -0.2) is 24.7 Å². The van der Waals surface area contributed by atoms with Crippen molar-refractivity contribution in [3.63, 3.8) is 0 Å². The third-order valence-corrected chi connectivity index (χ3v) is 3.55. The van der Waals surface area contributed by atoms with Gasteiger partial charge in [0.15, 0.2) is 0 Å². The molecule has 0 bridgehead atoms. The Balaban J connectivity index is 1.90. The number of amides is 2. The van der Waals surface area contributed by atoms with Gasteiger partial charge in [0.1, 0.15) is 0 Å². The monoisotopic (exact) mass is 301 g/mol. The van der Waals surface area contributed by atoms with Crippen LogP contribution in [0.1, 0.15) is 25.3 Å². The van der Waals surface area contributed by atoms with Crippen molar-refractivity contribution in [1.82, 2.24) is 10.6 Å². The predicted molar refractivity (Wildman–Crippen MR) is 74.1 cm³/mol. The minimum atomic E-state index is -4.37. The van der Waals surface area contributed by atoms with E-state index in [9.17, 15) is 18.0 Å². The van der Waals surface area contributed by atoms with Crippen molar-refractivity contribution in [2.24, 2.45) is 0 Å². The number of urea groups is 1. The molecule has 0 aliphatic carbocycles. The SMILES string of the molecule is CC1NCCCC1NC(=O)Nc1ccc(C(F)(F)F)cc1. The molecular formula is C14H18F3N3O. The molecular weight excluding hydrogens is 283 g/mol. The third-order valence-electron chi connectivity index (χ3n) is 3.55. The summed E-state index contributed by atoms with van der Waals surface area (Å²) >= 11 is 0. The normalized spacial score (nSPS) is 22.7. The molecule has 2 unspecified atom stereocenters. The lowest BCUT2D eigenvalue weighted by atomic mass is 10.0. The molecule has 2 rings (SSSR count). The summed E-state index contributed by atoms with van der Waals surface area (Å²) in [5.41, 5.74) is -0.407. The van der Waals surface area contributed by atoms with Crippen LogP contribution < -0.4 is 16.0 Å². The van der Waals surface area contributed by atoms with Crippen molar-refractivity contribution >= 4 is 11.7 Å². The molecule has 0 saturated carbocycles. The Hall–Kier alpha value is -1.76. The molecule has 1 saturated heterocycles. The molecule has 116 valence electrons. The first-order valence-corrected chi connectivity index (χ1v) is 6.84. The lowest BCUT2D eigenvalue weighted by Crippen LogP contribution is -2.52. The van der Waals surface area contributed by atoms with Gasteiger partial charge in [-0.05, 0) is 50.6 Å². The van der Waals surface area contributed by atoms with Gasteiger partial charge >= 0.3 is 12.2 Å². The summed E-state index contributed by atoms with van der Waals surface area (Å²) < 4.78 is 37.3. The van der Waals surface area contributed by atoms with Gasteiger partial charge in [-0.3, -0.25) is 0 Å². The fourth-order valence-corrected chi connectivity index (χ4v) is 2.32. The van der Waals surface area contributed by atoms with Crippen LogP contribution in [0.5, 0.6) is 0 Å². The summed E-state index contributed by atoms with van der Waals surface area (Å²) in [5, 5.41) is 8.63. The summed E-state index contributed by atoms with van der Waals surface area (Å²) in [6.07, 6.45) is -2.51. The molecule has 1 aliphatic heterocycles. The molecule has 0 aromatic heterocycles. The number of nitrogens with one attached hydrogen (secondary N) is 3. The minimum Gasteiger partial charge on any atom is -0.334 e. The fourth-order valence-electron chi connectivity index (χ4n) is 2.32. The summed E-state index contributed by atoms with van der Waals surface area (Å²) in [6.45, 7) is 2.92. The molecule has 1 fully saturated rings. The zero-order valence-corrected chi connectivity index (χ0v) is 11.6. The first-order valence-electron chi connectivity index (χ1n) is 6.84. The van der Waals surface area contributed by atoms with E-state index in [1.807, 2.05) is 6.92 Å². The van der Waals surface area contributed by atoms with E-state index in [0.29, 0.717) is 5.69 Å². The summed E-state index contributed by atoms with van der Waals surface area (Å²) in [7, 11) is 0. The van der Waals surface area contributed by atoms with E-state index < -0.39 is 17.8 Å². The highest BCUT2D eigenvalue weighted by Crippen LogP contribution is 2.29. The van der Waals surface area contributed by atoms with Gasteiger partial charge in [0.25, 0.3) is 0 Å². The Bertz CT molecular complexity index is 487. The van der Waals surface area contributed by atoms with Crippen LogP contribution in [0.25, 0.3) is 0 Å². The number of hydrogen-bond donors (Lipinski definition) is 3. The number of piperidine rings is 1.